The fourth-order valence-corrected chi connectivity index (χ4v) is 3.48. The summed E-state index contributed by atoms with van der Waals surface area (Å²) < 4.78 is 22.9. The second-order valence-corrected chi connectivity index (χ2v) is 10.5. The number of allylic oxidation sites excluding steroid dienone is 1. The molecule has 3 atom stereocenters. The van der Waals surface area contributed by atoms with Gasteiger partial charge < -0.3 is 19.8 Å². The van der Waals surface area contributed by atoms with Gasteiger partial charge in [-0.3, -0.25) is 13.8 Å². The number of phosphoric ester groups is 1. The van der Waals surface area contributed by atoms with Gasteiger partial charge in [0.05, 0.1) is 39.9 Å². The average Bonchev–Trinajstić information content (AvgIpc) is 2.67. The number of nitrogens with one attached hydrogen (secondary N) is 1. The summed E-state index contributed by atoms with van der Waals surface area (Å²) in [6.07, 6.45) is 10.8. The number of aliphatic hydroxyl groups is 1. The molecule has 0 aromatic carbocycles. The summed E-state index contributed by atoms with van der Waals surface area (Å²) in [6, 6.07) is -0.830. The number of rotatable bonds is 19. The van der Waals surface area contributed by atoms with Crippen molar-refractivity contribution in [3.8, 4) is 0 Å². The van der Waals surface area contributed by atoms with Crippen LogP contribution in [0, 0.1) is 0 Å². The Morgan fingerprint density at radius 1 is 1.06 bits per heavy atom. The summed E-state index contributed by atoms with van der Waals surface area (Å²) in [4.78, 5) is 22.2. The highest BCUT2D eigenvalue weighted by atomic mass is 31.2. The Bertz CT molecular complexity index is 551. The minimum absolute atomic E-state index is 0.0611. The van der Waals surface area contributed by atoms with Gasteiger partial charge in [0.1, 0.15) is 13.2 Å². The van der Waals surface area contributed by atoms with Crippen molar-refractivity contribution >= 4 is 13.7 Å². The van der Waals surface area contributed by atoms with E-state index in [1.54, 1.807) is 6.08 Å². The highest BCUT2D eigenvalue weighted by molar-refractivity contribution is 7.47. The SMILES string of the molecule is CCCCC/C=C/C(O)C(COP(=O)(O)OCC[N+](C)(C)C)NC(=O)CCCCCC. The largest absolute Gasteiger partial charge is 0.472 e. The monoisotopic (exact) mass is 465 g/mol. The molecule has 0 aliphatic heterocycles. The molecule has 3 N–H and O–H groups in total. The van der Waals surface area contributed by atoms with Crippen molar-refractivity contribution in [1.82, 2.24) is 5.32 Å². The lowest BCUT2D eigenvalue weighted by molar-refractivity contribution is -0.870. The molecule has 1 amide bonds. The maximum absolute atomic E-state index is 12.3. The summed E-state index contributed by atoms with van der Waals surface area (Å²) in [5.74, 6) is -0.207. The number of carbonyl (C=O) groups excluding carboxylic acids is 1. The van der Waals surface area contributed by atoms with Crippen molar-refractivity contribution in [2.75, 3.05) is 40.9 Å². The predicted octanol–water partition coefficient (Wildman–Crippen LogP) is 3.78. The van der Waals surface area contributed by atoms with Crippen LogP contribution in [-0.2, 0) is 18.4 Å². The Balaban J connectivity index is 4.80. The van der Waals surface area contributed by atoms with E-state index in [0.29, 0.717) is 17.4 Å². The van der Waals surface area contributed by atoms with Crippen molar-refractivity contribution in [3.63, 3.8) is 0 Å². The molecule has 0 fully saturated rings. The molecule has 31 heavy (non-hydrogen) atoms. The number of phosphoric acid groups is 1. The van der Waals surface area contributed by atoms with E-state index < -0.39 is 20.0 Å². The van der Waals surface area contributed by atoms with E-state index in [0.717, 1.165) is 51.4 Å². The van der Waals surface area contributed by atoms with Gasteiger partial charge in [0.15, 0.2) is 0 Å². The number of hydrogen-bond donors (Lipinski definition) is 3. The molecule has 0 aliphatic carbocycles. The number of hydrogen-bond acceptors (Lipinski definition) is 5. The molecule has 0 aromatic rings. The van der Waals surface area contributed by atoms with E-state index in [-0.39, 0.29) is 19.1 Å². The van der Waals surface area contributed by atoms with Crippen LogP contribution >= 0.6 is 7.82 Å². The standard InChI is InChI=1S/C22H45N2O6P/c1-6-8-10-12-13-15-21(25)20(23-22(26)16-14-11-9-7-2)19-30-31(27,28)29-18-17-24(3,4)5/h13,15,20-21,25H,6-12,14,16-19H2,1-5H3,(H-,23,26,27,28)/p+1/b15-13+. The van der Waals surface area contributed by atoms with Crippen LogP contribution in [0.5, 0.6) is 0 Å². The maximum Gasteiger partial charge on any atom is 0.472 e. The lowest BCUT2D eigenvalue weighted by Gasteiger charge is -2.25. The van der Waals surface area contributed by atoms with Gasteiger partial charge in [-0.05, 0) is 19.3 Å². The molecule has 3 unspecified atom stereocenters. The van der Waals surface area contributed by atoms with Gasteiger partial charge in [-0.1, -0.05) is 58.1 Å². The van der Waals surface area contributed by atoms with Gasteiger partial charge in [0, 0.05) is 6.42 Å². The third-order valence-electron chi connectivity index (χ3n) is 4.76. The second kappa shape index (κ2) is 16.8. The molecule has 0 rings (SSSR count). The molecular weight excluding hydrogens is 419 g/mol. The van der Waals surface area contributed by atoms with E-state index in [9.17, 15) is 19.4 Å². The Morgan fingerprint density at radius 2 is 1.71 bits per heavy atom. The topological polar surface area (TPSA) is 105 Å². The fourth-order valence-electron chi connectivity index (χ4n) is 2.74. The molecule has 0 saturated heterocycles. The molecule has 0 saturated carbocycles. The van der Waals surface area contributed by atoms with Crippen LogP contribution in [0.4, 0.5) is 0 Å². The number of likely N-dealkylation sites (N-methyl/N-ethyl adjacent to an activating group) is 1. The van der Waals surface area contributed by atoms with Crippen LogP contribution in [0.1, 0.15) is 71.6 Å². The van der Waals surface area contributed by atoms with Crippen LogP contribution in [0.2, 0.25) is 0 Å². The van der Waals surface area contributed by atoms with Gasteiger partial charge in [-0.25, -0.2) is 4.57 Å². The Hall–Kier alpha value is -0.760. The second-order valence-electron chi connectivity index (χ2n) is 9.01. The Morgan fingerprint density at radius 3 is 2.32 bits per heavy atom. The third-order valence-corrected chi connectivity index (χ3v) is 5.74. The van der Waals surface area contributed by atoms with E-state index in [2.05, 4.69) is 19.2 Å². The zero-order valence-corrected chi connectivity index (χ0v) is 21.1. The highest BCUT2D eigenvalue weighted by Crippen LogP contribution is 2.43. The number of amides is 1. The minimum Gasteiger partial charge on any atom is -0.387 e. The summed E-state index contributed by atoms with van der Waals surface area (Å²) in [7, 11) is 1.56. The first-order chi connectivity index (χ1) is 14.5. The number of aliphatic hydroxyl groups excluding tert-OH is 1. The van der Waals surface area contributed by atoms with Crippen LogP contribution in [-0.4, -0.2) is 73.4 Å². The van der Waals surface area contributed by atoms with Crippen molar-refractivity contribution in [1.29, 1.82) is 0 Å². The zero-order valence-electron chi connectivity index (χ0n) is 20.2. The van der Waals surface area contributed by atoms with E-state index >= 15 is 0 Å². The number of carbonyl (C=O) groups is 1. The lowest BCUT2D eigenvalue weighted by atomic mass is 10.1. The maximum atomic E-state index is 12.3. The molecule has 0 spiro atoms. The Kier molecular flexibility index (Phi) is 16.4. The summed E-state index contributed by atoms with van der Waals surface area (Å²) in [6.45, 7) is 4.50. The van der Waals surface area contributed by atoms with Gasteiger partial charge >= 0.3 is 7.82 Å². The fraction of sp³-hybridized carbons (Fsp3) is 0.864. The zero-order chi connectivity index (χ0) is 23.8. The molecule has 0 bridgehead atoms. The van der Waals surface area contributed by atoms with Gasteiger partial charge in [-0.2, -0.15) is 0 Å². The first kappa shape index (κ1) is 30.2. The predicted molar refractivity (Wildman–Crippen MR) is 125 cm³/mol. The first-order valence-electron chi connectivity index (χ1n) is 11.6. The summed E-state index contributed by atoms with van der Waals surface area (Å²) >= 11 is 0. The molecule has 0 aromatic heterocycles. The van der Waals surface area contributed by atoms with Crippen LogP contribution in [0.15, 0.2) is 12.2 Å². The Labute approximate surface area is 189 Å². The number of quaternary nitrogens is 1. The molecular formula is C22H46N2O6P+. The van der Waals surface area contributed by atoms with Crippen molar-refractivity contribution < 1.29 is 32.9 Å². The normalized spacial score (nSPS) is 16.2. The summed E-state index contributed by atoms with van der Waals surface area (Å²) in [5.41, 5.74) is 0. The molecule has 0 heterocycles. The quantitative estimate of drug-likeness (QED) is 0.116. The smallest absolute Gasteiger partial charge is 0.387 e. The number of nitrogens with zero attached hydrogens (tertiary/aromatic N) is 1. The van der Waals surface area contributed by atoms with Crippen molar-refractivity contribution in [2.24, 2.45) is 0 Å². The van der Waals surface area contributed by atoms with Crippen LogP contribution < -0.4 is 5.32 Å². The molecule has 9 heteroatoms. The van der Waals surface area contributed by atoms with E-state index in [4.69, 9.17) is 9.05 Å². The molecule has 0 aliphatic rings. The van der Waals surface area contributed by atoms with Gasteiger partial charge in [0.2, 0.25) is 5.91 Å². The summed E-state index contributed by atoms with van der Waals surface area (Å²) in [5, 5.41) is 13.3. The van der Waals surface area contributed by atoms with Crippen molar-refractivity contribution in [3.05, 3.63) is 12.2 Å². The molecule has 8 nitrogen and oxygen atoms in total. The highest BCUT2D eigenvalue weighted by Gasteiger charge is 2.27. The van der Waals surface area contributed by atoms with E-state index in [1.807, 2.05) is 27.2 Å². The van der Waals surface area contributed by atoms with Crippen molar-refractivity contribution in [2.45, 2.75) is 83.8 Å². The van der Waals surface area contributed by atoms with E-state index in [1.165, 1.54) is 0 Å². The minimum atomic E-state index is -4.28. The van der Waals surface area contributed by atoms with Gasteiger partial charge in [-0.15, -0.1) is 0 Å². The first-order valence-corrected chi connectivity index (χ1v) is 13.1. The van der Waals surface area contributed by atoms with Crippen LogP contribution in [0.3, 0.4) is 0 Å². The lowest BCUT2D eigenvalue weighted by Crippen LogP contribution is -2.45. The van der Waals surface area contributed by atoms with Crippen LogP contribution in [0.25, 0.3) is 0 Å². The third kappa shape index (κ3) is 18.5. The molecule has 0 radical (unpaired) electrons. The average molecular weight is 466 g/mol. The van der Waals surface area contributed by atoms with Gasteiger partial charge in [0.25, 0.3) is 0 Å². The molecule has 184 valence electrons. The number of unbranched alkanes of at least 4 members (excludes halogenated alkanes) is 6.